The van der Waals surface area contributed by atoms with Crippen molar-refractivity contribution in [2.75, 3.05) is 0 Å². The van der Waals surface area contributed by atoms with E-state index in [0.717, 1.165) is 12.2 Å². The molecule has 0 saturated carbocycles. The van der Waals surface area contributed by atoms with E-state index in [2.05, 4.69) is 55.5 Å². The molecule has 1 atom stereocenters. The van der Waals surface area contributed by atoms with Crippen molar-refractivity contribution >= 4 is 0 Å². The molecule has 0 radical (unpaired) electrons. The minimum atomic E-state index is 0.0225. The van der Waals surface area contributed by atoms with E-state index >= 15 is 0 Å². The van der Waals surface area contributed by atoms with Crippen LogP contribution in [0.3, 0.4) is 0 Å². The van der Waals surface area contributed by atoms with Gasteiger partial charge in [-0.15, -0.1) is 0 Å². The summed E-state index contributed by atoms with van der Waals surface area (Å²) < 4.78 is 6.10. The number of para-hydroxylation sites is 1. The summed E-state index contributed by atoms with van der Waals surface area (Å²) in [6.07, 6.45) is 5.30. The number of fused-ring (bicyclic) bond motifs is 1. The average Bonchev–Trinajstić information content (AvgIpc) is 2.61. The fourth-order valence-corrected chi connectivity index (χ4v) is 2.22. The number of ether oxygens (including phenoxy) is 1. The van der Waals surface area contributed by atoms with Crippen LogP contribution in [0.25, 0.3) is 0 Å². The lowest BCUT2D eigenvalue weighted by atomic mass is 10.1. The lowest BCUT2D eigenvalue weighted by molar-refractivity contribution is 0.256. The second-order valence-corrected chi connectivity index (χ2v) is 4.69. The van der Waals surface area contributed by atoms with Crippen LogP contribution in [0.4, 0.5) is 0 Å². The lowest BCUT2D eigenvalue weighted by Crippen LogP contribution is -2.04. The van der Waals surface area contributed by atoms with Gasteiger partial charge in [0.25, 0.3) is 0 Å². The van der Waals surface area contributed by atoms with Crippen LogP contribution in [0.15, 0.2) is 60.7 Å². The molecule has 0 bridgehead atoms. The normalized spacial score (nSPS) is 17.7. The standard InChI is InChI=1S/C17H16O/c1-13-9-11-15(12-10-13)17-8-4-6-14-5-2-3-7-16(14)18-17/h2-5,7-12,17H,6H2,1H3/t17-/m0/s1. The second-order valence-electron chi connectivity index (χ2n) is 4.69. The molecule has 0 aliphatic carbocycles. The topological polar surface area (TPSA) is 9.23 Å². The van der Waals surface area contributed by atoms with Crippen LogP contribution in [0.2, 0.25) is 0 Å². The third-order valence-electron chi connectivity index (χ3n) is 3.28. The Hall–Kier alpha value is -2.02. The highest BCUT2D eigenvalue weighted by Crippen LogP contribution is 2.29. The highest BCUT2D eigenvalue weighted by Gasteiger charge is 2.14. The Morgan fingerprint density at radius 3 is 2.61 bits per heavy atom. The maximum Gasteiger partial charge on any atom is 0.142 e. The van der Waals surface area contributed by atoms with Crippen molar-refractivity contribution in [2.45, 2.75) is 19.4 Å². The highest BCUT2D eigenvalue weighted by molar-refractivity contribution is 5.38. The summed E-state index contributed by atoms with van der Waals surface area (Å²) in [6.45, 7) is 2.10. The fraction of sp³-hybridized carbons (Fsp3) is 0.176. The van der Waals surface area contributed by atoms with Gasteiger partial charge in [0.2, 0.25) is 0 Å². The summed E-state index contributed by atoms with van der Waals surface area (Å²) in [7, 11) is 0. The van der Waals surface area contributed by atoms with Gasteiger partial charge in [0.1, 0.15) is 11.9 Å². The van der Waals surface area contributed by atoms with Gasteiger partial charge < -0.3 is 4.74 Å². The molecule has 0 fully saturated rings. The number of hydrogen-bond donors (Lipinski definition) is 0. The zero-order chi connectivity index (χ0) is 12.4. The molecular weight excluding hydrogens is 220 g/mol. The van der Waals surface area contributed by atoms with Crippen molar-refractivity contribution in [3.63, 3.8) is 0 Å². The Morgan fingerprint density at radius 1 is 1.00 bits per heavy atom. The van der Waals surface area contributed by atoms with Crippen LogP contribution in [-0.2, 0) is 6.42 Å². The molecule has 2 aromatic carbocycles. The molecule has 1 aliphatic heterocycles. The molecule has 0 N–H and O–H groups in total. The van der Waals surface area contributed by atoms with Crippen molar-refractivity contribution in [1.29, 1.82) is 0 Å². The summed E-state index contributed by atoms with van der Waals surface area (Å²) >= 11 is 0. The molecule has 18 heavy (non-hydrogen) atoms. The molecule has 0 aromatic heterocycles. The average molecular weight is 236 g/mol. The zero-order valence-electron chi connectivity index (χ0n) is 10.5. The number of allylic oxidation sites excluding steroid dienone is 1. The van der Waals surface area contributed by atoms with Crippen molar-refractivity contribution in [1.82, 2.24) is 0 Å². The largest absolute Gasteiger partial charge is 0.481 e. The second kappa shape index (κ2) is 4.69. The van der Waals surface area contributed by atoms with Crippen LogP contribution in [0.5, 0.6) is 5.75 Å². The van der Waals surface area contributed by atoms with E-state index in [4.69, 9.17) is 4.74 Å². The monoisotopic (exact) mass is 236 g/mol. The molecule has 90 valence electrons. The SMILES string of the molecule is Cc1ccc([C@@H]2C=CCc3ccccc3O2)cc1. The van der Waals surface area contributed by atoms with Gasteiger partial charge >= 0.3 is 0 Å². The quantitative estimate of drug-likeness (QED) is 0.673. The van der Waals surface area contributed by atoms with Crippen molar-refractivity contribution < 1.29 is 4.74 Å². The number of rotatable bonds is 1. The van der Waals surface area contributed by atoms with Crippen LogP contribution in [0.1, 0.15) is 22.8 Å². The van der Waals surface area contributed by atoms with Gasteiger partial charge in [0.05, 0.1) is 0 Å². The molecule has 0 spiro atoms. The van der Waals surface area contributed by atoms with Gasteiger partial charge in [-0.25, -0.2) is 0 Å². The molecule has 0 amide bonds. The third kappa shape index (κ3) is 2.17. The van der Waals surface area contributed by atoms with Crippen LogP contribution >= 0.6 is 0 Å². The molecule has 1 nitrogen and oxygen atoms in total. The van der Waals surface area contributed by atoms with Gasteiger partial charge in [0, 0.05) is 0 Å². The molecular formula is C17H16O. The Kier molecular flexibility index (Phi) is 2.89. The van der Waals surface area contributed by atoms with Crippen LogP contribution < -0.4 is 4.74 Å². The minimum Gasteiger partial charge on any atom is -0.481 e. The number of aryl methyl sites for hydroxylation is 1. The molecule has 1 heterocycles. The summed E-state index contributed by atoms with van der Waals surface area (Å²) in [6, 6.07) is 16.8. The van der Waals surface area contributed by atoms with Gasteiger partial charge in [-0.05, 0) is 36.6 Å². The Bertz CT molecular complexity index is 566. The Balaban J connectivity index is 1.93. The van der Waals surface area contributed by atoms with E-state index in [1.165, 1.54) is 16.7 Å². The number of benzene rings is 2. The molecule has 3 rings (SSSR count). The van der Waals surface area contributed by atoms with Gasteiger partial charge in [-0.1, -0.05) is 54.1 Å². The Morgan fingerprint density at radius 2 is 1.78 bits per heavy atom. The number of hydrogen-bond acceptors (Lipinski definition) is 1. The van der Waals surface area contributed by atoms with E-state index in [1.807, 2.05) is 12.1 Å². The van der Waals surface area contributed by atoms with E-state index in [-0.39, 0.29) is 6.10 Å². The first-order valence-electron chi connectivity index (χ1n) is 6.31. The van der Waals surface area contributed by atoms with Crippen LogP contribution in [0, 0.1) is 6.92 Å². The van der Waals surface area contributed by atoms with E-state index in [0.29, 0.717) is 0 Å². The maximum atomic E-state index is 6.10. The van der Waals surface area contributed by atoms with Crippen molar-refractivity contribution in [3.8, 4) is 5.75 Å². The van der Waals surface area contributed by atoms with Gasteiger partial charge in [-0.3, -0.25) is 0 Å². The third-order valence-corrected chi connectivity index (χ3v) is 3.28. The molecule has 1 aliphatic rings. The van der Waals surface area contributed by atoms with Gasteiger partial charge in [0.15, 0.2) is 0 Å². The summed E-state index contributed by atoms with van der Waals surface area (Å²) in [5.74, 6) is 0.994. The van der Waals surface area contributed by atoms with E-state index in [1.54, 1.807) is 0 Å². The summed E-state index contributed by atoms with van der Waals surface area (Å²) in [5.41, 5.74) is 3.73. The van der Waals surface area contributed by atoms with Crippen LogP contribution in [-0.4, -0.2) is 0 Å². The van der Waals surface area contributed by atoms with E-state index in [9.17, 15) is 0 Å². The Labute approximate surface area is 108 Å². The molecule has 0 saturated heterocycles. The fourth-order valence-electron chi connectivity index (χ4n) is 2.22. The highest BCUT2D eigenvalue weighted by atomic mass is 16.5. The minimum absolute atomic E-state index is 0.0225. The molecule has 2 aromatic rings. The summed E-state index contributed by atoms with van der Waals surface area (Å²) in [4.78, 5) is 0. The summed E-state index contributed by atoms with van der Waals surface area (Å²) in [5, 5.41) is 0. The predicted molar refractivity (Wildman–Crippen MR) is 73.8 cm³/mol. The lowest BCUT2D eigenvalue weighted by Gasteiger charge is -2.16. The first-order valence-corrected chi connectivity index (χ1v) is 6.31. The zero-order valence-corrected chi connectivity index (χ0v) is 10.5. The first-order chi connectivity index (χ1) is 8.83. The smallest absolute Gasteiger partial charge is 0.142 e. The molecule has 0 unspecified atom stereocenters. The predicted octanol–water partition coefficient (Wildman–Crippen LogP) is 4.23. The van der Waals surface area contributed by atoms with E-state index < -0.39 is 0 Å². The molecule has 1 heteroatoms. The van der Waals surface area contributed by atoms with Crippen molar-refractivity contribution in [2.24, 2.45) is 0 Å². The van der Waals surface area contributed by atoms with Crippen molar-refractivity contribution in [3.05, 3.63) is 77.4 Å². The van der Waals surface area contributed by atoms with Gasteiger partial charge in [-0.2, -0.15) is 0 Å². The maximum absolute atomic E-state index is 6.10. The first kappa shape index (κ1) is 11.1.